The van der Waals surface area contributed by atoms with Crippen LogP contribution in [-0.4, -0.2) is 35.1 Å². The molecule has 3 aliphatic carbocycles. The van der Waals surface area contributed by atoms with Gasteiger partial charge >= 0.3 is 0 Å². The molecule has 4 heteroatoms. The molecule has 1 aromatic carbocycles. The predicted molar refractivity (Wildman–Crippen MR) is 88.9 cm³/mol. The molecule has 1 heterocycles. The maximum Gasteiger partial charge on any atom is 0.149 e. The average molecular weight is 330 g/mol. The molecule has 1 saturated heterocycles. The molecule has 3 fully saturated rings. The van der Waals surface area contributed by atoms with Gasteiger partial charge in [-0.15, -0.1) is 0 Å². The van der Waals surface area contributed by atoms with Crippen LogP contribution in [0.2, 0.25) is 0 Å². The number of fused-ring (bicyclic) bond motifs is 3. The second-order valence-corrected chi connectivity index (χ2v) is 8.23. The number of ether oxygens (including phenoxy) is 2. The van der Waals surface area contributed by atoms with Crippen molar-refractivity contribution in [2.45, 2.75) is 68.9 Å². The second kappa shape index (κ2) is 4.54. The summed E-state index contributed by atoms with van der Waals surface area (Å²) in [6.45, 7) is 2.15. The molecule has 0 aromatic heterocycles. The Kier molecular flexibility index (Phi) is 2.87. The number of hydrogen-bond donors (Lipinski definition) is 2. The minimum atomic E-state index is -0.856. The summed E-state index contributed by atoms with van der Waals surface area (Å²) in [5.74, 6) is 0.988. The second-order valence-electron chi connectivity index (χ2n) is 8.23. The Morgan fingerprint density at radius 2 is 2.17 bits per heavy atom. The Labute approximate surface area is 142 Å². The van der Waals surface area contributed by atoms with Crippen molar-refractivity contribution in [3.8, 4) is 5.75 Å². The molecule has 4 aliphatic rings. The van der Waals surface area contributed by atoms with Crippen molar-refractivity contribution in [3.05, 3.63) is 29.3 Å². The van der Waals surface area contributed by atoms with E-state index >= 15 is 0 Å². The number of aliphatic hydroxyl groups is 2. The summed E-state index contributed by atoms with van der Waals surface area (Å²) in [6, 6.07) is 6.15. The minimum Gasteiger partial charge on any atom is -0.497 e. The van der Waals surface area contributed by atoms with Crippen LogP contribution in [0, 0.1) is 11.3 Å². The standard InChI is InChI=1S/C20H26O4/c1-3-18-11-17-20(24-17)14-5-4-13(23-2)10-12(14)8-9-19(20,22)15(18)6-7-16(18)21/h4-5,10,15-17,21-22H,3,6-9,11H2,1-2H3/t15?,16?,17-,18?,19+,20-/m1/s1. The number of aliphatic hydroxyl groups excluding tert-OH is 1. The molecule has 0 radical (unpaired) electrons. The average Bonchev–Trinajstić information content (AvgIpc) is 3.23. The fraction of sp³-hybridized carbons (Fsp3) is 0.700. The molecule has 0 bridgehead atoms. The van der Waals surface area contributed by atoms with Crippen LogP contribution in [0.1, 0.15) is 50.2 Å². The molecule has 24 heavy (non-hydrogen) atoms. The fourth-order valence-electron chi connectivity index (χ4n) is 6.53. The van der Waals surface area contributed by atoms with Crippen LogP contribution < -0.4 is 4.74 Å². The van der Waals surface area contributed by atoms with Crippen molar-refractivity contribution in [2.75, 3.05) is 7.11 Å². The normalized spacial score (nSPS) is 48.1. The molecule has 130 valence electrons. The third-order valence-electron chi connectivity index (χ3n) is 7.74. The molecule has 2 saturated carbocycles. The van der Waals surface area contributed by atoms with Crippen LogP contribution in [0.15, 0.2) is 18.2 Å². The zero-order valence-electron chi connectivity index (χ0n) is 14.4. The lowest BCUT2D eigenvalue weighted by atomic mass is 9.51. The van der Waals surface area contributed by atoms with E-state index < -0.39 is 11.2 Å². The number of epoxide rings is 1. The van der Waals surface area contributed by atoms with Gasteiger partial charge in [-0.1, -0.05) is 13.0 Å². The van der Waals surface area contributed by atoms with E-state index in [1.54, 1.807) is 7.11 Å². The van der Waals surface area contributed by atoms with Gasteiger partial charge in [0.05, 0.1) is 19.3 Å². The molecule has 0 amide bonds. The zero-order chi connectivity index (χ0) is 16.7. The number of benzene rings is 1. The van der Waals surface area contributed by atoms with Gasteiger partial charge in [-0.05, 0) is 67.7 Å². The largest absolute Gasteiger partial charge is 0.497 e. The van der Waals surface area contributed by atoms with Crippen LogP contribution in [-0.2, 0) is 16.8 Å². The highest BCUT2D eigenvalue weighted by Gasteiger charge is 2.80. The number of aryl methyl sites for hydroxylation is 1. The van der Waals surface area contributed by atoms with Gasteiger partial charge < -0.3 is 19.7 Å². The molecular formula is C20H26O4. The van der Waals surface area contributed by atoms with E-state index in [1.807, 2.05) is 6.07 Å². The van der Waals surface area contributed by atoms with E-state index in [0.717, 1.165) is 43.4 Å². The Bertz CT molecular complexity index is 703. The van der Waals surface area contributed by atoms with Crippen LogP contribution in [0.5, 0.6) is 5.75 Å². The highest BCUT2D eigenvalue weighted by molar-refractivity contribution is 5.49. The van der Waals surface area contributed by atoms with E-state index in [0.29, 0.717) is 6.42 Å². The molecular weight excluding hydrogens is 304 g/mol. The molecule has 2 N–H and O–H groups in total. The van der Waals surface area contributed by atoms with Crippen molar-refractivity contribution >= 4 is 0 Å². The number of rotatable bonds is 2. The van der Waals surface area contributed by atoms with Gasteiger partial charge in [-0.3, -0.25) is 0 Å². The van der Waals surface area contributed by atoms with Gasteiger partial charge in [0.1, 0.15) is 17.0 Å². The molecule has 1 aliphatic heterocycles. The van der Waals surface area contributed by atoms with Crippen molar-refractivity contribution in [1.29, 1.82) is 0 Å². The maximum absolute atomic E-state index is 11.9. The van der Waals surface area contributed by atoms with Gasteiger partial charge in [0, 0.05) is 5.41 Å². The fourth-order valence-corrected chi connectivity index (χ4v) is 6.53. The van der Waals surface area contributed by atoms with E-state index in [1.165, 1.54) is 5.56 Å². The third kappa shape index (κ3) is 1.48. The van der Waals surface area contributed by atoms with Crippen molar-refractivity contribution in [2.24, 2.45) is 11.3 Å². The summed E-state index contributed by atoms with van der Waals surface area (Å²) in [7, 11) is 1.69. The van der Waals surface area contributed by atoms with Crippen LogP contribution in [0.4, 0.5) is 0 Å². The predicted octanol–water partition coefficient (Wildman–Crippen LogP) is 2.54. The van der Waals surface area contributed by atoms with Crippen LogP contribution >= 0.6 is 0 Å². The highest BCUT2D eigenvalue weighted by Crippen LogP contribution is 2.73. The molecule has 1 spiro atoms. The monoisotopic (exact) mass is 330 g/mol. The first-order valence-electron chi connectivity index (χ1n) is 9.27. The maximum atomic E-state index is 11.9. The van der Waals surface area contributed by atoms with Crippen molar-refractivity contribution in [1.82, 2.24) is 0 Å². The van der Waals surface area contributed by atoms with Crippen molar-refractivity contribution < 1.29 is 19.7 Å². The summed E-state index contributed by atoms with van der Waals surface area (Å²) in [6.07, 6.45) is 4.74. The summed E-state index contributed by atoms with van der Waals surface area (Å²) in [5, 5.41) is 22.6. The van der Waals surface area contributed by atoms with E-state index in [-0.39, 0.29) is 23.5 Å². The first kappa shape index (κ1) is 15.2. The Morgan fingerprint density at radius 1 is 1.33 bits per heavy atom. The lowest BCUT2D eigenvalue weighted by molar-refractivity contribution is -0.157. The molecule has 5 rings (SSSR count). The Morgan fingerprint density at radius 3 is 2.92 bits per heavy atom. The van der Waals surface area contributed by atoms with E-state index in [2.05, 4.69) is 19.1 Å². The highest BCUT2D eigenvalue weighted by atomic mass is 16.6. The Hall–Kier alpha value is -1.10. The topological polar surface area (TPSA) is 62.2 Å². The summed E-state index contributed by atoms with van der Waals surface area (Å²) in [4.78, 5) is 0. The lowest BCUT2D eigenvalue weighted by Gasteiger charge is -2.54. The smallest absolute Gasteiger partial charge is 0.149 e. The molecule has 1 aromatic rings. The van der Waals surface area contributed by atoms with Crippen molar-refractivity contribution in [3.63, 3.8) is 0 Å². The van der Waals surface area contributed by atoms with E-state index in [4.69, 9.17) is 9.47 Å². The SMILES string of the molecule is CCC12C[C@H]3O[C@]34c3ccc(OC)cc3CC[C@]4(O)C1CCC2O. The minimum absolute atomic E-state index is 0.0268. The lowest BCUT2D eigenvalue weighted by Crippen LogP contribution is -2.62. The quantitative estimate of drug-likeness (QED) is 0.818. The van der Waals surface area contributed by atoms with Crippen LogP contribution in [0.3, 0.4) is 0 Å². The van der Waals surface area contributed by atoms with E-state index in [9.17, 15) is 10.2 Å². The summed E-state index contributed by atoms with van der Waals surface area (Å²) in [5.41, 5.74) is 0.798. The molecule has 6 atom stereocenters. The third-order valence-corrected chi connectivity index (χ3v) is 7.74. The van der Waals surface area contributed by atoms with Gasteiger partial charge in [0.2, 0.25) is 0 Å². The number of hydrogen-bond acceptors (Lipinski definition) is 4. The Balaban J connectivity index is 1.65. The molecule has 4 nitrogen and oxygen atoms in total. The van der Waals surface area contributed by atoms with Gasteiger partial charge in [0.15, 0.2) is 0 Å². The first-order valence-corrected chi connectivity index (χ1v) is 9.27. The summed E-state index contributed by atoms with van der Waals surface area (Å²) >= 11 is 0. The van der Waals surface area contributed by atoms with Gasteiger partial charge in [-0.25, -0.2) is 0 Å². The molecule has 3 unspecified atom stereocenters. The van der Waals surface area contributed by atoms with Crippen LogP contribution in [0.25, 0.3) is 0 Å². The number of methoxy groups -OCH3 is 1. The first-order chi connectivity index (χ1) is 11.5. The van der Waals surface area contributed by atoms with Gasteiger partial charge in [0.25, 0.3) is 0 Å². The summed E-state index contributed by atoms with van der Waals surface area (Å²) < 4.78 is 11.7. The zero-order valence-corrected chi connectivity index (χ0v) is 14.4. The van der Waals surface area contributed by atoms with Gasteiger partial charge in [-0.2, -0.15) is 0 Å².